The summed E-state index contributed by atoms with van der Waals surface area (Å²) in [5, 5.41) is 0. The highest BCUT2D eigenvalue weighted by Gasteiger charge is 2.29. The van der Waals surface area contributed by atoms with Crippen molar-refractivity contribution in [3.05, 3.63) is 23.8 Å². The second kappa shape index (κ2) is 4.76. The number of rotatable bonds is 2. The Balaban J connectivity index is 4.30. The maximum atomic E-state index is 11.9. The molecule has 0 N–H and O–H groups in total. The summed E-state index contributed by atoms with van der Waals surface area (Å²) in [7, 11) is 0. The first-order valence-electron chi connectivity index (χ1n) is 3.76. The van der Waals surface area contributed by atoms with Crippen molar-refractivity contribution in [2.75, 3.05) is 0 Å². The van der Waals surface area contributed by atoms with Crippen LogP contribution < -0.4 is 0 Å². The minimum Gasteiger partial charge on any atom is -0.166 e. The zero-order valence-electron chi connectivity index (χ0n) is 7.52. The summed E-state index contributed by atoms with van der Waals surface area (Å²) in [5.74, 6) is 2.24. The smallest absolute Gasteiger partial charge is 0.166 e. The molecule has 3 heteroatoms. The number of terminal acetylenes is 1. The Morgan fingerprint density at radius 1 is 1.46 bits per heavy atom. The highest BCUT2D eigenvalue weighted by atomic mass is 19.4. The van der Waals surface area contributed by atoms with E-state index in [9.17, 15) is 13.2 Å². The van der Waals surface area contributed by atoms with Gasteiger partial charge in [-0.15, -0.1) is 6.42 Å². The van der Waals surface area contributed by atoms with Gasteiger partial charge in [0.05, 0.1) is 0 Å². The average Bonchev–Trinajstić information content (AvgIpc) is 2.02. The molecule has 0 spiro atoms. The minimum absolute atomic E-state index is 0.141. The van der Waals surface area contributed by atoms with Crippen LogP contribution in [0.4, 0.5) is 13.2 Å². The number of alkyl halides is 3. The third kappa shape index (κ3) is 5.13. The van der Waals surface area contributed by atoms with Gasteiger partial charge in [0.1, 0.15) is 0 Å². The summed E-state index contributed by atoms with van der Waals surface area (Å²) in [6.45, 7) is 2.75. The van der Waals surface area contributed by atoms with Gasteiger partial charge in [-0.25, -0.2) is 0 Å². The molecule has 0 amide bonds. The standard InChI is InChI=1S/C10H11F3/c1-4-8(2)6-5-7-9(3)10(11,12)13/h1,5-8H,2-3H3/b6-5-,9-7+. The SMILES string of the molecule is C#CC(C)/C=C\C=C(/C)C(F)(F)F. The van der Waals surface area contributed by atoms with E-state index in [1.165, 1.54) is 12.2 Å². The van der Waals surface area contributed by atoms with Gasteiger partial charge < -0.3 is 0 Å². The Morgan fingerprint density at radius 2 is 2.00 bits per heavy atom. The molecule has 72 valence electrons. The quantitative estimate of drug-likeness (QED) is 0.460. The lowest BCUT2D eigenvalue weighted by Crippen LogP contribution is -2.08. The van der Waals surface area contributed by atoms with E-state index in [1.807, 2.05) is 0 Å². The van der Waals surface area contributed by atoms with Crippen molar-refractivity contribution in [2.45, 2.75) is 20.0 Å². The van der Waals surface area contributed by atoms with Crippen molar-refractivity contribution >= 4 is 0 Å². The molecule has 1 unspecified atom stereocenters. The Labute approximate surface area is 76.1 Å². The number of halogens is 3. The third-order valence-electron chi connectivity index (χ3n) is 1.46. The van der Waals surface area contributed by atoms with E-state index >= 15 is 0 Å². The molecule has 0 heterocycles. The molecule has 0 aromatic heterocycles. The van der Waals surface area contributed by atoms with Crippen LogP contribution in [0.3, 0.4) is 0 Å². The fourth-order valence-electron chi connectivity index (χ4n) is 0.517. The van der Waals surface area contributed by atoms with Gasteiger partial charge in [-0.2, -0.15) is 13.2 Å². The predicted octanol–water partition coefficient (Wildman–Crippen LogP) is 3.32. The summed E-state index contributed by atoms with van der Waals surface area (Å²) >= 11 is 0. The molecular weight excluding hydrogens is 177 g/mol. The molecule has 0 aliphatic rings. The lowest BCUT2D eigenvalue weighted by molar-refractivity contribution is -0.0912. The highest BCUT2D eigenvalue weighted by molar-refractivity contribution is 5.17. The van der Waals surface area contributed by atoms with Gasteiger partial charge in [0, 0.05) is 11.5 Å². The van der Waals surface area contributed by atoms with Crippen LogP contribution in [-0.2, 0) is 0 Å². The first-order chi connectivity index (χ1) is 5.88. The van der Waals surface area contributed by atoms with Gasteiger partial charge in [0.15, 0.2) is 0 Å². The first kappa shape index (κ1) is 11.8. The second-order valence-corrected chi connectivity index (χ2v) is 2.69. The molecule has 0 fully saturated rings. The predicted molar refractivity (Wildman–Crippen MR) is 46.9 cm³/mol. The van der Waals surface area contributed by atoms with Gasteiger partial charge in [-0.1, -0.05) is 24.1 Å². The summed E-state index contributed by atoms with van der Waals surface area (Å²) in [6.07, 6.45) is 4.66. The topological polar surface area (TPSA) is 0 Å². The van der Waals surface area contributed by atoms with E-state index in [1.54, 1.807) is 6.92 Å². The van der Waals surface area contributed by atoms with Gasteiger partial charge in [0.2, 0.25) is 0 Å². The van der Waals surface area contributed by atoms with Gasteiger partial charge >= 0.3 is 6.18 Å². The van der Waals surface area contributed by atoms with Crippen LogP contribution in [0.5, 0.6) is 0 Å². The summed E-state index contributed by atoms with van der Waals surface area (Å²) in [4.78, 5) is 0. The number of hydrogen-bond acceptors (Lipinski definition) is 0. The summed E-state index contributed by atoms with van der Waals surface area (Å²) in [6, 6.07) is 0. The third-order valence-corrected chi connectivity index (χ3v) is 1.46. The van der Waals surface area contributed by atoms with Crippen molar-refractivity contribution in [1.82, 2.24) is 0 Å². The molecule has 0 nitrogen and oxygen atoms in total. The van der Waals surface area contributed by atoms with E-state index in [0.717, 1.165) is 13.0 Å². The normalized spacial score (nSPS) is 15.8. The van der Waals surface area contributed by atoms with E-state index in [2.05, 4.69) is 5.92 Å². The maximum absolute atomic E-state index is 11.9. The molecular formula is C10H11F3. The molecule has 0 aromatic carbocycles. The monoisotopic (exact) mass is 188 g/mol. The largest absolute Gasteiger partial charge is 0.412 e. The van der Waals surface area contributed by atoms with E-state index < -0.39 is 11.7 Å². The van der Waals surface area contributed by atoms with Crippen LogP contribution in [0, 0.1) is 18.3 Å². The first-order valence-corrected chi connectivity index (χ1v) is 3.76. The molecule has 0 aliphatic carbocycles. The van der Waals surface area contributed by atoms with Gasteiger partial charge in [0.25, 0.3) is 0 Å². The second-order valence-electron chi connectivity index (χ2n) is 2.69. The molecule has 0 saturated carbocycles. The lowest BCUT2D eigenvalue weighted by atomic mass is 10.1. The molecule has 0 aliphatic heterocycles. The van der Waals surface area contributed by atoms with Crippen molar-refractivity contribution in [3.8, 4) is 12.3 Å². The van der Waals surface area contributed by atoms with E-state index in [0.29, 0.717) is 0 Å². The molecule has 1 atom stereocenters. The highest BCUT2D eigenvalue weighted by Crippen LogP contribution is 2.24. The van der Waals surface area contributed by atoms with Crippen LogP contribution >= 0.6 is 0 Å². The number of allylic oxidation sites excluding steroid dienone is 4. The van der Waals surface area contributed by atoms with Crippen molar-refractivity contribution in [1.29, 1.82) is 0 Å². The number of hydrogen-bond donors (Lipinski definition) is 0. The zero-order chi connectivity index (χ0) is 10.5. The lowest BCUT2D eigenvalue weighted by Gasteiger charge is -2.04. The van der Waals surface area contributed by atoms with Gasteiger partial charge in [-0.3, -0.25) is 0 Å². The van der Waals surface area contributed by atoms with Gasteiger partial charge in [-0.05, 0) is 13.8 Å². The van der Waals surface area contributed by atoms with Crippen LogP contribution in [-0.4, -0.2) is 6.18 Å². The molecule has 13 heavy (non-hydrogen) atoms. The van der Waals surface area contributed by atoms with Crippen LogP contribution in [0.1, 0.15) is 13.8 Å². The molecule has 0 aromatic rings. The Kier molecular flexibility index (Phi) is 4.33. The molecule has 0 saturated heterocycles. The van der Waals surface area contributed by atoms with Crippen LogP contribution in [0.15, 0.2) is 23.8 Å². The average molecular weight is 188 g/mol. The Morgan fingerprint density at radius 3 is 2.38 bits per heavy atom. The Bertz CT molecular complexity index is 250. The maximum Gasteiger partial charge on any atom is 0.412 e. The summed E-state index contributed by atoms with van der Waals surface area (Å²) in [5.41, 5.74) is -0.632. The fourth-order valence-corrected chi connectivity index (χ4v) is 0.517. The van der Waals surface area contributed by atoms with Crippen molar-refractivity contribution in [3.63, 3.8) is 0 Å². The molecule has 0 radical (unpaired) electrons. The van der Waals surface area contributed by atoms with Crippen molar-refractivity contribution in [2.24, 2.45) is 5.92 Å². The molecule has 0 bridgehead atoms. The van der Waals surface area contributed by atoms with Crippen LogP contribution in [0.2, 0.25) is 0 Å². The fraction of sp³-hybridized carbons (Fsp3) is 0.400. The van der Waals surface area contributed by atoms with Crippen molar-refractivity contribution < 1.29 is 13.2 Å². The molecule has 0 rings (SSSR count). The van der Waals surface area contributed by atoms with E-state index in [4.69, 9.17) is 6.42 Å². The van der Waals surface area contributed by atoms with Crippen LogP contribution in [0.25, 0.3) is 0 Å². The summed E-state index contributed by atoms with van der Waals surface area (Å²) < 4.78 is 35.7. The van der Waals surface area contributed by atoms with E-state index in [-0.39, 0.29) is 5.92 Å². The Hall–Kier alpha value is -1.17. The minimum atomic E-state index is -4.25. The zero-order valence-corrected chi connectivity index (χ0v) is 7.52.